The molecule has 0 spiro atoms. The molecule has 2 fully saturated rings. The van der Waals surface area contributed by atoms with Gasteiger partial charge in [0.2, 0.25) is 0 Å². The number of hydrogen-bond acceptors (Lipinski definition) is 8. The van der Waals surface area contributed by atoms with E-state index < -0.39 is 47.6 Å². The summed E-state index contributed by atoms with van der Waals surface area (Å²) in [6.45, 7) is 11.9. The van der Waals surface area contributed by atoms with Crippen molar-refractivity contribution in [3.05, 3.63) is 35.9 Å². The van der Waals surface area contributed by atoms with Crippen molar-refractivity contribution in [3.8, 4) is 0 Å². The summed E-state index contributed by atoms with van der Waals surface area (Å²) in [5.41, 5.74) is -0.613. The SMILES string of the molecule is CC1OC(=O)C(N(C(=O)OC(C)(C)C)C(=O)OC(C)(C)C)COCC(CCc2ccccc2)C1OC1CCCC1. The Bertz CT molecular complexity index is 949. The van der Waals surface area contributed by atoms with Gasteiger partial charge in [0.25, 0.3) is 0 Å². The number of imide groups is 1. The Hall–Kier alpha value is -2.65. The van der Waals surface area contributed by atoms with E-state index in [1.165, 1.54) is 5.56 Å². The molecule has 1 aromatic rings. The molecule has 2 amide bonds. The number of esters is 1. The molecule has 0 bridgehead atoms. The van der Waals surface area contributed by atoms with Crippen molar-refractivity contribution in [2.75, 3.05) is 13.2 Å². The van der Waals surface area contributed by atoms with Gasteiger partial charge in [-0.15, -0.1) is 0 Å². The van der Waals surface area contributed by atoms with Gasteiger partial charge in [-0.05, 0) is 79.7 Å². The summed E-state index contributed by atoms with van der Waals surface area (Å²) in [5.74, 6) is -0.841. The lowest BCUT2D eigenvalue weighted by Gasteiger charge is -2.33. The molecule has 2 aliphatic rings. The number of carbonyl (C=O) groups is 3. The minimum atomic E-state index is -1.38. The molecule has 9 nitrogen and oxygen atoms in total. The molecule has 1 saturated carbocycles. The Morgan fingerprint density at radius 1 is 0.925 bits per heavy atom. The van der Waals surface area contributed by atoms with Gasteiger partial charge in [-0.2, -0.15) is 4.90 Å². The fraction of sp³-hybridized carbons (Fsp3) is 0.710. The number of cyclic esters (lactones) is 1. The number of aryl methyl sites for hydroxylation is 1. The fourth-order valence-corrected chi connectivity index (χ4v) is 5.05. The van der Waals surface area contributed by atoms with Gasteiger partial charge in [0.1, 0.15) is 17.3 Å². The number of benzene rings is 1. The highest BCUT2D eigenvalue weighted by molar-refractivity contribution is 5.94. The average Bonchev–Trinajstić information content (AvgIpc) is 3.36. The maximum Gasteiger partial charge on any atom is 0.420 e. The summed E-state index contributed by atoms with van der Waals surface area (Å²) in [6, 6.07) is 8.80. The van der Waals surface area contributed by atoms with Gasteiger partial charge in [0.15, 0.2) is 6.04 Å². The van der Waals surface area contributed by atoms with Crippen molar-refractivity contribution in [1.29, 1.82) is 0 Å². The van der Waals surface area contributed by atoms with Gasteiger partial charge in [-0.25, -0.2) is 14.4 Å². The van der Waals surface area contributed by atoms with Gasteiger partial charge in [0.05, 0.1) is 25.4 Å². The summed E-state index contributed by atoms with van der Waals surface area (Å²) >= 11 is 0. The molecule has 1 aliphatic carbocycles. The summed E-state index contributed by atoms with van der Waals surface area (Å²) < 4.78 is 29.6. The molecule has 1 saturated heterocycles. The van der Waals surface area contributed by atoms with Gasteiger partial charge in [-0.3, -0.25) is 0 Å². The molecule has 1 aromatic carbocycles. The largest absolute Gasteiger partial charge is 0.458 e. The standard InChI is InChI=1S/C31H47NO8/c1-21-26(38-24-15-11-12-16-24)23(18-17-22-13-9-8-10-14-22)19-36-20-25(27(33)37-21)32(28(34)39-30(2,3)4)29(35)40-31(5,6)7/h8-10,13-14,21,23-26H,11-12,15-20H2,1-7H3. The molecular formula is C31H47NO8. The molecule has 224 valence electrons. The van der Waals surface area contributed by atoms with E-state index in [9.17, 15) is 14.4 Å². The van der Waals surface area contributed by atoms with E-state index in [1.54, 1.807) is 48.5 Å². The van der Waals surface area contributed by atoms with Crippen LogP contribution in [-0.2, 0) is 34.9 Å². The van der Waals surface area contributed by atoms with Crippen LogP contribution in [-0.4, -0.2) is 71.8 Å². The molecule has 0 aromatic heterocycles. The molecule has 1 aliphatic heterocycles. The fourth-order valence-electron chi connectivity index (χ4n) is 5.05. The van der Waals surface area contributed by atoms with E-state index in [2.05, 4.69) is 12.1 Å². The first-order valence-electron chi connectivity index (χ1n) is 14.5. The highest BCUT2D eigenvalue weighted by Crippen LogP contribution is 2.30. The van der Waals surface area contributed by atoms with Crippen molar-refractivity contribution >= 4 is 18.2 Å². The maximum absolute atomic E-state index is 13.6. The van der Waals surface area contributed by atoms with Gasteiger partial charge >= 0.3 is 18.2 Å². The third-order valence-corrected chi connectivity index (χ3v) is 6.90. The number of amides is 2. The number of rotatable bonds is 6. The van der Waals surface area contributed by atoms with Crippen LogP contribution in [0.1, 0.15) is 86.1 Å². The smallest absolute Gasteiger partial charge is 0.420 e. The summed E-state index contributed by atoms with van der Waals surface area (Å²) in [4.78, 5) is 40.7. The summed E-state index contributed by atoms with van der Waals surface area (Å²) in [6.07, 6.45) is 2.80. The van der Waals surface area contributed by atoms with Crippen LogP contribution in [0.3, 0.4) is 0 Å². The van der Waals surface area contributed by atoms with Crippen LogP contribution in [0.25, 0.3) is 0 Å². The molecule has 9 heteroatoms. The topological polar surface area (TPSA) is 101 Å². The van der Waals surface area contributed by atoms with E-state index in [-0.39, 0.29) is 25.2 Å². The van der Waals surface area contributed by atoms with Crippen LogP contribution in [0.4, 0.5) is 9.59 Å². The number of ether oxygens (including phenoxy) is 5. The Labute approximate surface area is 238 Å². The zero-order chi connectivity index (χ0) is 29.5. The Kier molecular flexibility index (Phi) is 11.0. The lowest BCUT2D eigenvalue weighted by Crippen LogP contribution is -2.54. The van der Waals surface area contributed by atoms with Crippen molar-refractivity contribution in [1.82, 2.24) is 4.90 Å². The highest BCUT2D eigenvalue weighted by Gasteiger charge is 2.44. The molecule has 3 rings (SSSR count). The van der Waals surface area contributed by atoms with Crippen LogP contribution >= 0.6 is 0 Å². The highest BCUT2D eigenvalue weighted by atomic mass is 16.6. The molecule has 4 unspecified atom stereocenters. The lowest BCUT2D eigenvalue weighted by atomic mass is 9.91. The Balaban J connectivity index is 1.87. The van der Waals surface area contributed by atoms with Crippen molar-refractivity contribution in [2.24, 2.45) is 5.92 Å². The molecule has 1 heterocycles. The maximum atomic E-state index is 13.6. The van der Waals surface area contributed by atoms with Crippen molar-refractivity contribution < 1.29 is 38.1 Å². The normalized spacial score (nSPS) is 24.8. The van der Waals surface area contributed by atoms with Gasteiger partial charge < -0.3 is 23.7 Å². The van der Waals surface area contributed by atoms with Crippen LogP contribution in [0.5, 0.6) is 0 Å². The zero-order valence-electron chi connectivity index (χ0n) is 25.1. The first-order valence-corrected chi connectivity index (χ1v) is 14.5. The van der Waals surface area contributed by atoms with E-state index >= 15 is 0 Å². The molecule has 0 N–H and O–H groups in total. The Morgan fingerprint density at radius 2 is 1.50 bits per heavy atom. The predicted molar refractivity (Wildman–Crippen MR) is 150 cm³/mol. The molecule has 0 radical (unpaired) electrons. The molecule has 4 atom stereocenters. The molecular weight excluding hydrogens is 514 g/mol. The third-order valence-electron chi connectivity index (χ3n) is 6.90. The number of hydrogen-bond donors (Lipinski definition) is 0. The average molecular weight is 562 g/mol. The lowest BCUT2D eigenvalue weighted by molar-refractivity contribution is -0.167. The number of nitrogens with zero attached hydrogens (tertiary/aromatic N) is 1. The zero-order valence-corrected chi connectivity index (χ0v) is 25.1. The van der Waals surface area contributed by atoms with E-state index in [4.69, 9.17) is 23.7 Å². The van der Waals surface area contributed by atoms with Crippen molar-refractivity contribution in [3.63, 3.8) is 0 Å². The van der Waals surface area contributed by atoms with E-state index in [0.717, 1.165) is 38.5 Å². The van der Waals surface area contributed by atoms with Crippen LogP contribution in [0.15, 0.2) is 30.3 Å². The monoisotopic (exact) mass is 561 g/mol. The first-order chi connectivity index (χ1) is 18.7. The first kappa shape index (κ1) is 31.9. The molecule has 40 heavy (non-hydrogen) atoms. The quantitative estimate of drug-likeness (QED) is 0.305. The summed E-state index contributed by atoms with van der Waals surface area (Å²) in [5, 5.41) is 0. The summed E-state index contributed by atoms with van der Waals surface area (Å²) in [7, 11) is 0. The van der Waals surface area contributed by atoms with Crippen LogP contribution < -0.4 is 0 Å². The van der Waals surface area contributed by atoms with Crippen molar-refractivity contribution in [2.45, 2.75) is 123 Å². The Morgan fingerprint density at radius 3 is 2.05 bits per heavy atom. The second kappa shape index (κ2) is 13.8. The van der Waals surface area contributed by atoms with Crippen LogP contribution in [0.2, 0.25) is 0 Å². The third kappa shape index (κ3) is 9.77. The number of carbonyl (C=O) groups excluding carboxylic acids is 3. The van der Waals surface area contributed by atoms with Gasteiger partial charge in [0, 0.05) is 5.92 Å². The predicted octanol–water partition coefficient (Wildman–Crippen LogP) is 6.07. The second-order valence-electron chi connectivity index (χ2n) is 12.8. The van der Waals surface area contributed by atoms with E-state index in [0.29, 0.717) is 4.90 Å². The van der Waals surface area contributed by atoms with E-state index in [1.807, 2.05) is 18.2 Å². The van der Waals surface area contributed by atoms with Crippen LogP contribution in [0, 0.1) is 5.92 Å². The second-order valence-corrected chi connectivity index (χ2v) is 12.8. The minimum Gasteiger partial charge on any atom is -0.458 e. The van der Waals surface area contributed by atoms with Gasteiger partial charge in [-0.1, -0.05) is 43.2 Å². The minimum absolute atomic E-state index is 0.0705.